The van der Waals surface area contributed by atoms with Crippen LogP contribution in [0.1, 0.15) is 36.2 Å². The minimum absolute atomic E-state index is 0.142. The Labute approximate surface area is 171 Å². The second-order valence-electron chi connectivity index (χ2n) is 6.42. The summed E-state index contributed by atoms with van der Waals surface area (Å²) in [5.41, 5.74) is 1.11. The number of rotatable bonds is 8. The Hall–Kier alpha value is -2.46. The van der Waals surface area contributed by atoms with Gasteiger partial charge in [-0.2, -0.15) is 0 Å². The average Bonchev–Trinajstić information content (AvgIpc) is 3.28. The lowest BCUT2D eigenvalue weighted by Crippen LogP contribution is -2.14. The van der Waals surface area contributed by atoms with Crippen molar-refractivity contribution in [3.63, 3.8) is 0 Å². The topological polar surface area (TPSA) is 94.8 Å². The molecule has 0 radical (unpaired) electrons. The highest BCUT2D eigenvalue weighted by molar-refractivity contribution is 7.99. The van der Waals surface area contributed by atoms with E-state index in [-0.39, 0.29) is 11.7 Å². The van der Waals surface area contributed by atoms with Crippen LogP contribution in [0.5, 0.6) is 5.75 Å². The summed E-state index contributed by atoms with van der Waals surface area (Å²) in [4.78, 5) is 12.2. The third kappa shape index (κ3) is 5.08. The fourth-order valence-electron chi connectivity index (χ4n) is 2.35. The van der Waals surface area contributed by atoms with Gasteiger partial charge in [-0.05, 0) is 17.7 Å². The monoisotopic (exact) mass is 418 g/mol. The number of nitrogens with zero attached hydrogens (tertiary/aromatic N) is 5. The standard InChI is InChI=1S/C18H22N6O2S2/c1-11(2)16-21-22-17(28-16)19-15(25)10-27-18-23-20-14(24(18)3)9-12-5-7-13(26-4)8-6-12/h5-8,11H,9-10H2,1-4H3,(H,19,22,25). The first-order chi connectivity index (χ1) is 13.5. The number of thioether (sulfide) groups is 1. The molecular formula is C18H22N6O2S2. The lowest BCUT2D eigenvalue weighted by Gasteiger charge is -2.05. The summed E-state index contributed by atoms with van der Waals surface area (Å²) in [5, 5.41) is 21.4. The largest absolute Gasteiger partial charge is 0.497 e. The molecule has 2 heterocycles. The van der Waals surface area contributed by atoms with E-state index < -0.39 is 0 Å². The zero-order valence-electron chi connectivity index (χ0n) is 16.2. The van der Waals surface area contributed by atoms with Gasteiger partial charge in [0.25, 0.3) is 0 Å². The molecule has 1 N–H and O–H groups in total. The predicted octanol–water partition coefficient (Wildman–Crippen LogP) is 3.12. The quantitative estimate of drug-likeness (QED) is 0.562. The van der Waals surface area contributed by atoms with Crippen molar-refractivity contribution in [2.75, 3.05) is 18.2 Å². The fraction of sp³-hybridized carbons (Fsp3) is 0.389. The van der Waals surface area contributed by atoms with Gasteiger partial charge in [0, 0.05) is 19.4 Å². The smallest absolute Gasteiger partial charge is 0.236 e. The van der Waals surface area contributed by atoms with Gasteiger partial charge in [0.2, 0.25) is 11.0 Å². The van der Waals surface area contributed by atoms with Crippen LogP contribution in [0, 0.1) is 0 Å². The molecule has 0 spiro atoms. The summed E-state index contributed by atoms with van der Waals surface area (Å²) in [6, 6.07) is 7.84. The van der Waals surface area contributed by atoms with Gasteiger partial charge in [0.1, 0.15) is 16.6 Å². The van der Waals surface area contributed by atoms with E-state index in [1.807, 2.05) is 49.7 Å². The second kappa shape index (κ2) is 9.16. The Bertz CT molecular complexity index is 936. The normalized spacial score (nSPS) is 11.0. The van der Waals surface area contributed by atoms with Crippen LogP contribution < -0.4 is 10.1 Å². The van der Waals surface area contributed by atoms with Crippen LogP contribution in [0.25, 0.3) is 0 Å². The van der Waals surface area contributed by atoms with Gasteiger partial charge < -0.3 is 9.30 Å². The molecule has 0 bridgehead atoms. The van der Waals surface area contributed by atoms with E-state index in [0.29, 0.717) is 22.6 Å². The molecule has 0 aliphatic heterocycles. The van der Waals surface area contributed by atoms with E-state index in [2.05, 4.69) is 25.7 Å². The zero-order chi connectivity index (χ0) is 20.1. The third-order valence-electron chi connectivity index (χ3n) is 3.96. The van der Waals surface area contributed by atoms with Crippen molar-refractivity contribution in [1.29, 1.82) is 0 Å². The molecule has 0 saturated carbocycles. The van der Waals surface area contributed by atoms with Crippen molar-refractivity contribution in [2.45, 2.75) is 31.3 Å². The van der Waals surface area contributed by atoms with Gasteiger partial charge >= 0.3 is 0 Å². The van der Waals surface area contributed by atoms with Gasteiger partial charge in [-0.25, -0.2) is 0 Å². The van der Waals surface area contributed by atoms with Crippen molar-refractivity contribution >= 4 is 34.1 Å². The molecule has 2 aromatic heterocycles. The van der Waals surface area contributed by atoms with Gasteiger partial charge in [0.05, 0.1) is 12.9 Å². The molecule has 0 atom stereocenters. The molecule has 0 fully saturated rings. The van der Waals surface area contributed by atoms with Crippen LogP contribution in [-0.4, -0.2) is 43.7 Å². The maximum atomic E-state index is 12.2. The number of hydrogen-bond donors (Lipinski definition) is 1. The Kier molecular flexibility index (Phi) is 6.63. The van der Waals surface area contributed by atoms with Crippen LogP contribution in [0.2, 0.25) is 0 Å². The maximum absolute atomic E-state index is 12.2. The fourth-order valence-corrected chi connectivity index (χ4v) is 3.85. The number of carbonyl (C=O) groups is 1. The SMILES string of the molecule is COc1ccc(Cc2nnc(SCC(=O)Nc3nnc(C(C)C)s3)n2C)cc1. The summed E-state index contributed by atoms with van der Waals surface area (Å²) >= 11 is 2.74. The minimum Gasteiger partial charge on any atom is -0.497 e. The molecule has 1 aromatic carbocycles. The van der Waals surface area contributed by atoms with Crippen LogP contribution in [0.3, 0.4) is 0 Å². The molecule has 0 unspecified atom stereocenters. The number of amides is 1. The molecule has 8 nitrogen and oxygen atoms in total. The molecule has 10 heteroatoms. The van der Waals surface area contributed by atoms with E-state index in [9.17, 15) is 4.79 Å². The second-order valence-corrected chi connectivity index (χ2v) is 8.37. The lowest BCUT2D eigenvalue weighted by molar-refractivity contribution is -0.113. The highest BCUT2D eigenvalue weighted by Crippen LogP contribution is 2.23. The summed E-state index contributed by atoms with van der Waals surface area (Å²) in [5.74, 6) is 2.03. The van der Waals surface area contributed by atoms with Crippen molar-refractivity contribution in [3.8, 4) is 5.75 Å². The number of methoxy groups -OCH3 is 1. The number of nitrogens with one attached hydrogen (secondary N) is 1. The van der Waals surface area contributed by atoms with E-state index in [4.69, 9.17) is 4.74 Å². The van der Waals surface area contributed by atoms with Gasteiger partial charge in [-0.1, -0.05) is 49.1 Å². The average molecular weight is 419 g/mol. The van der Waals surface area contributed by atoms with Gasteiger partial charge in [0.15, 0.2) is 5.16 Å². The van der Waals surface area contributed by atoms with Crippen molar-refractivity contribution in [1.82, 2.24) is 25.0 Å². The van der Waals surface area contributed by atoms with E-state index in [1.54, 1.807) is 7.11 Å². The lowest BCUT2D eigenvalue weighted by atomic mass is 10.1. The van der Waals surface area contributed by atoms with E-state index in [1.165, 1.54) is 23.1 Å². The van der Waals surface area contributed by atoms with Crippen LogP contribution >= 0.6 is 23.1 Å². The zero-order valence-corrected chi connectivity index (χ0v) is 17.8. The van der Waals surface area contributed by atoms with Crippen molar-refractivity contribution in [3.05, 3.63) is 40.7 Å². The Morgan fingerprint density at radius 3 is 2.61 bits per heavy atom. The molecule has 0 saturated heterocycles. The third-order valence-corrected chi connectivity index (χ3v) is 6.12. The Balaban J connectivity index is 1.55. The number of benzene rings is 1. The van der Waals surface area contributed by atoms with Crippen molar-refractivity contribution in [2.24, 2.45) is 7.05 Å². The first-order valence-electron chi connectivity index (χ1n) is 8.73. The maximum Gasteiger partial charge on any atom is 0.236 e. The minimum atomic E-state index is -0.142. The molecule has 1 amide bonds. The van der Waals surface area contributed by atoms with Crippen LogP contribution in [-0.2, 0) is 18.3 Å². The molecule has 148 valence electrons. The summed E-state index contributed by atoms with van der Waals surface area (Å²) in [7, 11) is 3.55. The van der Waals surface area contributed by atoms with Gasteiger partial charge in [-0.3, -0.25) is 10.1 Å². The van der Waals surface area contributed by atoms with E-state index >= 15 is 0 Å². The number of aromatic nitrogens is 5. The highest BCUT2D eigenvalue weighted by atomic mass is 32.2. The predicted molar refractivity (Wildman–Crippen MR) is 110 cm³/mol. The molecule has 3 aromatic rings. The number of hydrogen-bond acceptors (Lipinski definition) is 8. The Morgan fingerprint density at radius 2 is 1.96 bits per heavy atom. The highest BCUT2D eigenvalue weighted by Gasteiger charge is 2.14. The summed E-state index contributed by atoms with van der Waals surface area (Å²) < 4.78 is 7.08. The van der Waals surface area contributed by atoms with Crippen LogP contribution in [0.15, 0.2) is 29.4 Å². The molecule has 28 heavy (non-hydrogen) atoms. The van der Waals surface area contributed by atoms with Crippen molar-refractivity contribution < 1.29 is 9.53 Å². The van der Waals surface area contributed by atoms with E-state index in [0.717, 1.165) is 22.1 Å². The first kappa shape index (κ1) is 20.3. The molecule has 3 rings (SSSR count). The number of anilines is 1. The number of ether oxygens (including phenoxy) is 1. The van der Waals surface area contributed by atoms with Gasteiger partial charge in [-0.15, -0.1) is 20.4 Å². The molecule has 0 aliphatic rings. The summed E-state index contributed by atoms with van der Waals surface area (Å²) in [6.45, 7) is 4.08. The number of carbonyl (C=O) groups excluding carboxylic acids is 1. The first-order valence-corrected chi connectivity index (χ1v) is 10.5. The Morgan fingerprint density at radius 1 is 1.21 bits per heavy atom. The van der Waals surface area contributed by atoms with Crippen LogP contribution in [0.4, 0.5) is 5.13 Å². The molecule has 0 aliphatic carbocycles. The molecular weight excluding hydrogens is 396 g/mol. The summed E-state index contributed by atoms with van der Waals surface area (Å²) in [6.07, 6.45) is 0.656.